The van der Waals surface area contributed by atoms with Crippen molar-refractivity contribution in [1.29, 1.82) is 0 Å². The van der Waals surface area contributed by atoms with Crippen molar-refractivity contribution in [3.63, 3.8) is 0 Å². The van der Waals surface area contributed by atoms with Crippen molar-refractivity contribution >= 4 is 5.71 Å². The molecule has 0 aliphatic carbocycles. The standard InChI is InChI=1S/C14H21NO3/c1-4-12(15-17)11-8-6-7-9-13(11)18-10-14(3,16)5-2/h6-9,16-17H,4-5,10H2,1-3H3/b15-12-. The third-order valence-corrected chi connectivity index (χ3v) is 2.95. The van der Waals surface area contributed by atoms with Crippen molar-refractivity contribution in [1.82, 2.24) is 0 Å². The van der Waals surface area contributed by atoms with E-state index < -0.39 is 5.60 Å². The van der Waals surface area contributed by atoms with Crippen LogP contribution in [0.4, 0.5) is 0 Å². The lowest BCUT2D eigenvalue weighted by Crippen LogP contribution is -2.31. The molecule has 0 aliphatic heterocycles. The van der Waals surface area contributed by atoms with E-state index in [1.807, 2.05) is 38.1 Å². The van der Waals surface area contributed by atoms with Crippen molar-refractivity contribution in [3.05, 3.63) is 29.8 Å². The molecule has 0 radical (unpaired) electrons. The summed E-state index contributed by atoms with van der Waals surface area (Å²) < 4.78 is 5.64. The zero-order valence-corrected chi connectivity index (χ0v) is 11.2. The highest BCUT2D eigenvalue weighted by Crippen LogP contribution is 2.22. The average molecular weight is 251 g/mol. The number of aliphatic hydroxyl groups is 1. The first-order valence-corrected chi connectivity index (χ1v) is 6.19. The Bertz CT molecular complexity index is 413. The fraction of sp³-hybridized carbons (Fsp3) is 0.500. The van der Waals surface area contributed by atoms with Crippen LogP contribution in [0.2, 0.25) is 0 Å². The van der Waals surface area contributed by atoms with E-state index in [1.54, 1.807) is 6.92 Å². The van der Waals surface area contributed by atoms with Crippen LogP contribution in [0.5, 0.6) is 5.75 Å². The lowest BCUT2D eigenvalue weighted by molar-refractivity contribution is 0.00841. The summed E-state index contributed by atoms with van der Waals surface area (Å²) in [7, 11) is 0. The predicted octanol–water partition coefficient (Wildman–Crippen LogP) is 2.81. The molecule has 1 atom stereocenters. The molecule has 0 fully saturated rings. The first-order valence-electron chi connectivity index (χ1n) is 6.19. The molecule has 18 heavy (non-hydrogen) atoms. The van der Waals surface area contributed by atoms with Gasteiger partial charge in [0.05, 0.1) is 11.3 Å². The van der Waals surface area contributed by atoms with Gasteiger partial charge in [0.15, 0.2) is 0 Å². The Morgan fingerprint density at radius 3 is 2.56 bits per heavy atom. The molecule has 1 aromatic carbocycles. The maximum atomic E-state index is 9.92. The van der Waals surface area contributed by atoms with Crippen molar-refractivity contribution in [3.8, 4) is 5.75 Å². The van der Waals surface area contributed by atoms with Gasteiger partial charge in [0, 0.05) is 5.56 Å². The van der Waals surface area contributed by atoms with Gasteiger partial charge in [-0.25, -0.2) is 0 Å². The van der Waals surface area contributed by atoms with Crippen LogP contribution in [0.3, 0.4) is 0 Å². The van der Waals surface area contributed by atoms with Gasteiger partial charge >= 0.3 is 0 Å². The molecule has 1 aromatic rings. The molecule has 0 saturated carbocycles. The molecule has 0 aliphatic rings. The van der Waals surface area contributed by atoms with Gasteiger partial charge in [-0.15, -0.1) is 0 Å². The molecule has 4 heteroatoms. The van der Waals surface area contributed by atoms with Gasteiger partial charge in [-0.1, -0.05) is 31.1 Å². The topological polar surface area (TPSA) is 62.1 Å². The summed E-state index contributed by atoms with van der Waals surface area (Å²) in [6.45, 7) is 5.76. The molecule has 1 unspecified atom stereocenters. The molecule has 0 heterocycles. The van der Waals surface area contributed by atoms with E-state index >= 15 is 0 Å². The van der Waals surface area contributed by atoms with E-state index in [4.69, 9.17) is 9.94 Å². The lowest BCUT2D eigenvalue weighted by atomic mass is 10.0. The Morgan fingerprint density at radius 2 is 2.00 bits per heavy atom. The van der Waals surface area contributed by atoms with Crippen LogP contribution in [0.25, 0.3) is 0 Å². The Hall–Kier alpha value is -1.55. The van der Waals surface area contributed by atoms with Crippen molar-refractivity contribution in [2.24, 2.45) is 5.16 Å². The fourth-order valence-electron chi connectivity index (χ4n) is 1.48. The fourth-order valence-corrected chi connectivity index (χ4v) is 1.48. The van der Waals surface area contributed by atoms with Crippen LogP contribution in [0.15, 0.2) is 29.4 Å². The Kier molecular flexibility index (Phi) is 5.16. The number of ether oxygens (including phenoxy) is 1. The van der Waals surface area contributed by atoms with E-state index in [0.717, 1.165) is 5.56 Å². The molecule has 0 saturated heterocycles. The molecule has 0 bridgehead atoms. The number of para-hydroxylation sites is 1. The first kappa shape index (κ1) is 14.5. The quantitative estimate of drug-likeness (QED) is 0.464. The van der Waals surface area contributed by atoms with Gasteiger partial charge in [0.25, 0.3) is 0 Å². The van der Waals surface area contributed by atoms with E-state index in [1.165, 1.54) is 0 Å². The Labute approximate surface area is 108 Å². The van der Waals surface area contributed by atoms with Crippen LogP contribution < -0.4 is 4.74 Å². The first-order chi connectivity index (χ1) is 8.54. The van der Waals surface area contributed by atoms with Crippen LogP contribution in [0.1, 0.15) is 39.2 Å². The highest BCUT2D eigenvalue weighted by molar-refractivity contribution is 6.02. The summed E-state index contributed by atoms with van der Waals surface area (Å²) in [5.74, 6) is 0.626. The monoisotopic (exact) mass is 251 g/mol. The third kappa shape index (κ3) is 3.74. The van der Waals surface area contributed by atoms with E-state index in [9.17, 15) is 5.11 Å². The molecule has 4 nitrogen and oxygen atoms in total. The van der Waals surface area contributed by atoms with E-state index in [0.29, 0.717) is 24.3 Å². The van der Waals surface area contributed by atoms with Crippen LogP contribution in [-0.4, -0.2) is 28.2 Å². The molecular weight excluding hydrogens is 230 g/mol. The van der Waals surface area contributed by atoms with Crippen molar-refractivity contribution in [2.75, 3.05) is 6.61 Å². The summed E-state index contributed by atoms with van der Waals surface area (Å²) >= 11 is 0. The zero-order chi connectivity index (χ0) is 13.6. The number of benzene rings is 1. The van der Waals surface area contributed by atoms with Gasteiger partial charge in [-0.05, 0) is 31.9 Å². The molecule has 1 rings (SSSR count). The molecule has 100 valence electrons. The lowest BCUT2D eigenvalue weighted by Gasteiger charge is -2.22. The van der Waals surface area contributed by atoms with Crippen LogP contribution in [0, 0.1) is 0 Å². The molecule has 0 amide bonds. The summed E-state index contributed by atoms with van der Waals surface area (Å²) in [5.41, 5.74) is 0.478. The highest BCUT2D eigenvalue weighted by atomic mass is 16.5. The maximum absolute atomic E-state index is 9.92. The number of hydrogen-bond acceptors (Lipinski definition) is 4. The molecule has 2 N–H and O–H groups in total. The van der Waals surface area contributed by atoms with Crippen molar-refractivity contribution < 1.29 is 15.1 Å². The molecular formula is C14H21NO3. The highest BCUT2D eigenvalue weighted by Gasteiger charge is 2.19. The van der Waals surface area contributed by atoms with Crippen LogP contribution >= 0.6 is 0 Å². The van der Waals surface area contributed by atoms with Gasteiger partial charge in [0.2, 0.25) is 0 Å². The predicted molar refractivity (Wildman–Crippen MR) is 71.5 cm³/mol. The number of rotatable bonds is 6. The summed E-state index contributed by atoms with van der Waals surface area (Å²) in [5, 5.41) is 22.2. The third-order valence-electron chi connectivity index (χ3n) is 2.95. The second kappa shape index (κ2) is 6.40. The SMILES string of the molecule is CC/C(=N/O)c1ccccc1OCC(C)(O)CC. The zero-order valence-electron chi connectivity index (χ0n) is 11.2. The van der Waals surface area contributed by atoms with E-state index in [-0.39, 0.29) is 6.61 Å². The number of oxime groups is 1. The summed E-state index contributed by atoms with van der Waals surface area (Å²) in [4.78, 5) is 0. The Morgan fingerprint density at radius 1 is 1.33 bits per heavy atom. The van der Waals surface area contributed by atoms with E-state index in [2.05, 4.69) is 5.16 Å². The minimum atomic E-state index is -0.851. The second-order valence-corrected chi connectivity index (χ2v) is 4.54. The minimum absolute atomic E-state index is 0.211. The van der Waals surface area contributed by atoms with Gasteiger partial charge in [0.1, 0.15) is 12.4 Å². The normalized spacial score (nSPS) is 15.2. The van der Waals surface area contributed by atoms with Gasteiger partial charge in [-0.3, -0.25) is 0 Å². The number of hydrogen-bond donors (Lipinski definition) is 2. The van der Waals surface area contributed by atoms with Crippen LogP contribution in [-0.2, 0) is 0 Å². The summed E-state index contributed by atoms with van der Waals surface area (Å²) in [6.07, 6.45) is 1.23. The van der Waals surface area contributed by atoms with Crippen molar-refractivity contribution in [2.45, 2.75) is 39.2 Å². The average Bonchev–Trinajstić information content (AvgIpc) is 2.39. The molecule has 0 aromatic heterocycles. The maximum Gasteiger partial charge on any atom is 0.128 e. The second-order valence-electron chi connectivity index (χ2n) is 4.54. The van der Waals surface area contributed by atoms with Gasteiger partial charge in [-0.2, -0.15) is 0 Å². The molecule has 0 spiro atoms. The Balaban J connectivity index is 2.90. The smallest absolute Gasteiger partial charge is 0.128 e. The van der Waals surface area contributed by atoms with Gasteiger partial charge < -0.3 is 15.1 Å². The number of nitrogens with zero attached hydrogens (tertiary/aromatic N) is 1. The largest absolute Gasteiger partial charge is 0.490 e. The summed E-state index contributed by atoms with van der Waals surface area (Å²) in [6, 6.07) is 7.36. The minimum Gasteiger partial charge on any atom is -0.490 e.